The van der Waals surface area contributed by atoms with Gasteiger partial charge in [-0.1, -0.05) is 52.0 Å². The van der Waals surface area contributed by atoms with Crippen LogP contribution in [0, 0.1) is 0 Å². The van der Waals surface area contributed by atoms with Crippen molar-refractivity contribution in [1.82, 2.24) is 0 Å². The molecule has 2 nitrogen and oxygen atoms in total. The van der Waals surface area contributed by atoms with E-state index in [2.05, 4.69) is 64.1 Å². The molecular weight excluding hydrogens is 344 g/mol. The topological polar surface area (TPSA) is 18.5 Å². The van der Waals surface area contributed by atoms with E-state index < -0.39 is 0 Å². The Balaban J connectivity index is 0.000000161. The second-order valence-corrected chi connectivity index (χ2v) is 8.65. The van der Waals surface area contributed by atoms with Crippen LogP contribution in [0.25, 0.3) is 0 Å². The normalized spacial score (nSPS) is 15.9. The molecular formula is C26H36O2. The highest BCUT2D eigenvalue weighted by atomic mass is 16.5. The smallest absolute Gasteiger partial charge is 0.122 e. The van der Waals surface area contributed by atoms with Crippen LogP contribution in [0.2, 0.25) is 0 Å². The van der Waals surface area contributed by atoms with Gasteiger partial charge in [0.15, 0.2) is 0 Å². The number of aryl methyl sites for hydroxylation is 2. The number of fused-ring (bicyclic) bond motifs is 2. The Morgan fingerprint density at radius 3 is 1.43 bits per heavy atom. The largest absolute Gasteiger partial charge is 0.493 e. The van der Waals surface area contributed by atoms with Crippen LogP contribution in [0.1, 0.15) is 87.5 Å². The third-order valence-corrected chi connectivity index (χ3v) is 5.70. The Kier molecular flexibility index (Phi) is 7.42. The average Bonchev–Trinajstić information content (AvgIpc) is 3.07. The molecule has 0 bridgehead atoms. The third-order valence-electron chi connectivity index (χ3n) is 5.70. The van der Waals surface area contributed by atoms with Crippen LogP contribution in [0.5, 0.6) is 11.5 Å². The maximum absolute atomic E-state index is 5.68. The van der Waals surface area contributed by atoms with Gasteiger partial charge < -0.3 is 9.47 Å². The van der Waals surface area contributed by atoms with Crippen molar-refractivity contribution in [3.63, 3.8) is 0 Å². The summed E-state index contributed by atoms with van der Waals surface area (Å²) >= 11 is 0. The summed E-state index contributed by atoms with van der Waals surface area (Å²) in [6.07, 6.45) is 7.24. The van der Waals surface area contributed by atoms with Crippen LogP contribution in [0.15, 0.2) is 36.4 Å². The van der Waals surface area contributed by atoms with E-state index in [1.54, 1.807) is 0 Å². The zero-order valence-corrected chi connectivity index (χ0v) is 18.1. The molecule has 0 saturated heterocycles. The molecule has 0 unspecified atom stereocenters. The zero-order valence-electron chi connectivity index (χ0n) is 18.1. The van der Waals surface area contributed by atoms with Gasteiger partial charge in [-0.15, -0.1) is 0 Å². The van der Waals surface area contributed by atoms with Gasteiger partial charge in [0.25, 0.3) is 0 Å². The summed E-state index contributed by atoms with van der Waals surface area (Å²) in [5, 5.41) is 0. The first-order valence-corrected chi connectivity index (χ1v) is 11.1. The lowest BCUT2D eigenvalue weighted by Gasteiger charge is -2.11. The highest BCUT2D eigenvalue weighted by Crippen LogP contribution is 2.28. The molecule has 2 aromatic carbocycles. The van der Waals surface area contributed by atoms with E-state index in [1.807, 2.05) is 0 Å². The summed E-state index contributed by atoms with van der Waals surface area (Å²) in [7, 11) is 0. The van der Waals surface area contributed by atoms with E-state index in [1.165, 1.54) is 60.8 Å². The molecule has 28 heavy (non-hydrogen) atoms. The first-order chi connectivity index (χ1) is 13.5. The Morgan fingerprint density at radius 1 is 0.607 bits per heavy atom. The van der Waals surface area contributed by atoms with Crippen LogP contribution in [-0.4, -0.2) is 13.2 Å². The molecule has 152 valence electrons. The predicted molar refractivity (Wildman–Crippen MR) is 118 cm³/mol. The highest BCUT2D eigenvalue weighted by Gasteiger charge is 2.11. The van der Waals surface area contributed by atoms with Crippen molar-refractivity contribution >= 4 is 0 Å². The van der Waals surface area contributed by atoms with E-state index in [9.17, 15) is 0 Å². The minimum atomic E-state index is 0.614. The van der Waals surface area contributed by atoms with Gasteiger partial charge in [-0.3, -0.25) is 0 Å². The lowest BCUT2D eigenvalue weighted by atomic mass is 9.98. The van der Waals surface area contributed by atoms with Crippen LogP contribution < -0.4 is 9.47 Å². The number of hydrogen-bond donors (Lipinski definition) is 0. The Bertz CT molecular complexity index is 696. The van der Waals surface area contributed by atoms with E-state index in [-0.39, 0.29) is 0 Å². The fraction of sp³-hybridized carbons (Fsp3) is 0.538. The predicted octanol–water partition coefficient (Wildman–Crippen LogP) is 7.05. The van der Waals surface area contributed by atoms with Crippen LogP contribution in [0.3, 0.4) is 0 Å². The molecule has 0 aromatic heterocycles. The lowest BCUT2D eigenvalue weighted by molar-refractivity contribution is 0.316. The molecule has 0 spiro atoms. The molecule has 0 saturated carbocycles. The Morgan fingerprint density at radius 2 is 1.04 bits per heavy atom. The van der Waals surface area contributed by atoms with E-state index >= 15 is 0 Å². The van der Waals surface area contributed by atoms with Crippen molar-refractivity contribution < 1.29 is 9.47 Å². The number of hydrogen-bond acceptors (Lipinski definition) is 2. The van der Waals surface area contributed by atoms with Crippen LogP contribution in [-0.2, 0) is 12.8 Å². The summed E-state index contributed by atoms with van der Waals surface area (Å²) in [5.74, 6) is 3.44. The van der Waals surface area contributed by atoms with Gasteiger partial charge >= 0.3 is 0 Å². The minimum absolute atomic E-state index is 0.614. The molecule has 0 fully saturated rings. The zero-order chi connectivity index (χ0) is 19.9. The summed E-state index contributed by atoms with van der Waals surface area (Å²) < 4.78 is 11.4. The monoisotopic (exact) mass is 380 g/mol. The SMILES string of the molecule is CC(C)c1ccc2c(c1)CCCCO2.CC(C)c1ccc2c(c1)CCCCO2. The molecule has 0 atom stereocenters. The molecule has 2 aromatic rings. The number of benzene rings is 2. The summed E-state index contributed by atoms with van der Waals surface area (Å²) in [5.41, 5.74) is 5.64. The van der Waals surface area contributed by atoms with Crippen molar-refractivity contribution in [3.05, 3.63) is 58.7 Å². The van der Waals surface area contributed by atoms with Gasteiger partial charge in [-0.25, -0.2) is 0 Å². The molecule has 2 aliphatic heterocycles. The standard InChI is InChI=1S/2C13H18O/c2*1-10(2)11-6-7-13-12(9-11)5-3-4-8-14-13/h2*6-7,9-10H,3-5,8H2,1-2H3. The maximum atomic E-state index is 5.68. The molecule has 2 heteroatoms. The first kappa shape index (κ1) is 20.8. The van der Waals surface area contributed by atoms with Crippen molar-refractivity contribution in [1.29, 1.82) is 0 Å². The average molecular weight is 381 g/mol. The minimum Gasteiger partial charge on any atom is -0.493 e. The van der Waals surface area contributed by atoms with Crippen LogP contribution >= 0.6 is 0 Å². The van der Waals surface area contributed by atoms with Gasteiger partial charge in [0.1, 0.15) is 11.5 Å². The molecule has 2 aliphatic rings. The first-order valence-electron chi connectivity index (χ1n) is 11.1. The second kappa shape index (κ2) is 10.0. The highest BCUT2D eigenvalue weighted by molar-refractivity contribution is 5.39. The van der Waals surface area contributed by atoms with Gasteiger partial charge in [0.05, 0.1) is 13.2 Å². The van der Waals surface area contributed by atoms with E-state index in [0.717, 1.165) is 24.7 Å². The quantitative estimate of drug-likeness (QED) is 0.556. The van der Waals surface area contributed by atoms with Gasteiger partial charge in [-0.2, -0.15) is 0 Å². The summed E-state index contributed by atoms with van der Waals surface area (Å²) in [6, 6.07) is 13.3. The molecule has 4 rings (SSSR count). The fourth-order valence-electron chi connectivity index (χ4n) is 3.79. The van der Waals surface area contributed by atoms with Crippen molar-refractivity contribution in [2.75, 3.05) is 13.2 Å². The summed E-state index contributed by atoms with van der Waals surface area (Å²) in [6.45, 7) is 10.7. The van der Waals surface area contributed by atoms with Gasteiger partial charge in [0, 0.05) is 0 Å². The molecule has 0 amide bonds. The van der Waals surface area contributed by atoms with Crippen molar-refractivity contribution in [2.45, 2.75) is 78.1 Å². The Hall–Kier alpha value is -1.96. The second-order valence-electron chi connectivity index (χ2n) is 8.65. The number of rotatable bonds is 2. The molecule has 0 radical (unpaired) electrons. The maximum Gasteiger partial charge on any atom is 0.122 e. The fourth-order valence-corrected chi connectivity index (χ4v) is 3.79. The number of ether oxygens (including phenoxy) is 2. The van der Waals surface area contributed by atoms with Crippen molar-refractivity contribution in [3.8, 4) is 11.5 Å². The van der Waals surface area contributed by atoms with Crippen LogP contribution in [0.4, 0.5) is 0 Å². The summed E-state index contributed by atoms with van der Waals surface area (Å²) in [4.78, 5) is 0. The molecule has 2 heterocycles. The van der Waals surface area contributed by atoms with E-state index in [4.69, 9.17) is 9.47 Å². The van der Waals surface area contributed by atoms with Gasteiger partial charge in [-0.05, 0) is 84.7 Å². The van der Waals surface area contributed by atoms with E-state index in [0.29, 0.717) is 11.8 Å². The third kappa shape index (κ3) is 5.53. The Labute approximate surface area is 171 Å². The molecule has 0 N–H and O–H groups in total. The van der Waals surface area contributed by atoms with Crippen molar-refractivity contribution in [2.24, 2.45) is 0 Å². The lowest BCUT2D eigenvalue weighted by Crippen LogP contribution is -1.96. The van der Waals surface area contributed by atoms with Gasteiger partial charge in [0.2, 0.25) is 0 Å². The molecule has 0 aliphatic carbocycles.